The van der Waals surface area contributed by atoms with Crippen LogP contribution in [0.5, 0.6) is 0 Å². The fraction of sp³-hybridized carbons (Fsp3) is 0. The summed E-state index contributed by atoms with van der Waals surface area (Å²) in [6.07, 6.45) is 0. The van der Waals surface area contributed by atoms with E-state index < -0.39 is 0 Å². The molecule has 0 aliphatic carbocycles. The monoisotopic (exact) mass is 781 g/mol. The van der Waals surface area contributed by atoms with Crippen molar-refractivity contribution in [1.82, 2.24) is 13.7 Å². The van der Waals surface area contributed by atoms with Gasteiger partial charge in [-0.1, -0.05) is 133 Å². The van der Waals surface area contributed by atoms with E-state index in [0.717, 1.165) is 5.69 Å². The minimum Gasteiger partial charge on any atom is -0.309 e. The average Bonchev–Trinajstić information content (AvgIpc) is 4.05. The third-order valence-electron chi connectivity index (χ3n) is 12.5. The molecule has 0 spiro atoms. The molecule has 0 atom stereocenters. The number of para-hydroxylation sites is 5. The Balaban J connectivity index is 0.922. The molecule has 13 rings (SSSR count). The number of nitrogens with zero attached hydrogens (tertiary/aromatic N) is 3. The Morgan fingerprint density at radius 3 is 1.30 bits per heavy atom. The molecule has 0 fully saturated rings. The second-order valence-corrected chi connectivity index (χ2v) is 16.7. The molecule has 0 unspecified atom stereocenters. The van der Waals surface area contributed by atoms with Gasteiger partial charge in [-0.05, 0) is 101 Å². The molecular weight excluding hydrogens is 747 g/mol. The van der Waals surface area contributed by atoms with Crippen molar-refractivity contribution in [2.45, 2.75) is 0 Å². The van der Waals surface area contributed by atoms with Crippen LogP contribution in [0, 0.1) is 0 Å². The van der Waals surface area contributed by atoms with Crippen molar-refractivity contribution in [3.63, 3.8) is 0 Å². The molecular formula is C56H35N3S. The van der Waals surface area contributed by atoms with Crippen molar-refractivity contribution in [3.05, 3.63) is 212 Å². The molecule has 280 valence electrons. The first-order valence-corrected chi connectivity index (χ1v) is 21.3. The minimum atomic E-state index is 1.15. The van der Waals surface area contributed by atoms with Crippen LogP contribution in [0.25, 0.3) is 114 Å². The summed E-state index contributed by atoms with van der Waals surface area (Å²) >= 11 is 1.89. The second-order valence-electron chi connectivity index (χ2n) is 15.7. The molecule has 4 aromatic heterocycles. The molecule has 9 aromatic carbocycles. The van der Waals surface area contributed by atoms with Crippen LogP contribution in [-0.4, -0.2) is 13.7 Å². The molecule has 60 heavy (non-hydrogen) atoms. The third-order valence-corrected chi connectivity index (χ3v) is 13.7. The SMILES string of the molecule is c1ccc(-n2c3ccccc3c3cc(-c4ccc5c(c4)c4ccccc4n5-c4ccc(-c5cccc6c5sc5c6c6ccccc6n5-c5ccccc5)cc4)ccc32)cc1. The third kappa shape index (κ3) is 4.83. The molecule has 0 aliphatic heterocycles. The predicted molar refractivity (Wildman–Crippen MR) is 256 cm³/mol. The molecule has 0 amide bonds. The second kappa shape index (κ2) is 12.9. The molecule has 0 aliphatic rings. The Hall–Kier alpha value is -7.66. The molecule has 13 aromatic rings. The van der Waals surface area contributed by atoms with Gasteiger partial charge in [-0.2, -0.15) is 0 Å². The molecule has 0 N–H and O–H groups in total. The highest BCUT2D eigenvalue weighted by atomic mass is 32.1. The average molecular weight is 782 g/mol. The van der Waals surface area contributed by atoms with Crippen molar-refractivity contribution >= 4 is 86.2 Å². The van der Waals surface area contributed by atoms with Gasteiger partial charge in [0.05, 0.1) is 27.6 Å². The van der Waals surface area contributed by atoms with Gasteiger partial charge < -0.3 is 13.7 Å². The van der Waals surface area contributed by atoms with Crippen LogP contribution < -0.4 is 0 Å². The summed E-state index contributed by atoms with van der Waals surface area (Å²) in [4.78, 5) is 1.28. The van der Waals surface area contributed by atoms with Gasteiger partial charge in [0.1, 0.15) is 4.83 Å². The van der Waals surface area contributed by atoms with E-state index in [1.54, 1.807) is 0 Å². The van der Waals surface area contributed by atoms with E-state index in [9.17, 15) is 0 Å². The predicted octanol–water partition coefficient (Wildman–Crippen LogP) is 15.5. The Morgan fingerprint density at radius 1 is 0.283 bits per heavy atom. The van der Waals surface area contributed by atoms with Gasteiger partial charge in [0.25, 0.3) is 0 Å². The van der Waals surface area contributed by atoms with Gasteiger partial charge >= 0.3 is 0 Å². The molecule has 0 radical (unpaired) electrons. The van der Waals surface area contributed by atoms with E-state index in [-0.39, 0.29) is 0 Å². The highest BCUT2D eigenvalue weighted by Gasteiger charge is 2.20. The van der Waals surface area contributed by atoms with Crippen molar-refractivity contribution in [3.8, 4) is 39.3 Å². The van der Waals surface area contributed by atoms with E-state index in [0.29, 0.717) is 0 Å². The van der Waals surface area contributed by atoms with Crippen LogP contribution in [0.1, 0.15) is 0 Å². The molecule has 0 saturated heterocycles. The lowest BCUT2D eigenvalue weighted by molar-refractivity contribution is 1.18. The highest BCUT2D eigenvalue weighted by molar-refractivity contribution is 7.26. The lowest BCUT2D eigenvalue weighted by atomic mass is 10.0. The zero-order chi connectivity index (χ0) is 39.3. The van der Waals surface area contributed by atoms with E-state index in [2.05, 4.69) is 226 Å². The molecule has 4 heterocycles. The van der Waals surface area contributed by atoms with E-state index >= 15 is 0 Å². The van der Waals surface area contributed by atoms with Crippen LogP contribution in [-0.2, 0) is 0 Å². The van der Waals surface area contributed by atoms with Crippen molar-refractivity contribution in [1.29, 1.82) is 0 Å². The summed E-state index contributed by atoms with van der Waals surface area (Å²) < 4.78 is 8.54. The number of benzene rings is 9. The van der Waals surface area contributed by atoms with Crippen LogP contribution in [0.2, 0.25) is 0 Å². The van der Waals surface area contributed by atoms with Crippen molar-refractivity contribution < 1.29 is 0 Å². The largest absolute Gasteiger partial charge is 0.309 e. The van der Waals surface area contributed by atoms with Gasteiger partial charge in [-0.3, -0.25) is 0 Å². The minimum absolute atomic E-state index is 1.15. The zero-order valence-electron chi connectivity index (χ0n) is 32.5. The smallest absolute Gasteiger partial charge is 0.109 e. The molecule has 4 heteroatoms. The summed E-state index contributed by atoms with van der Waals surface area (Å²) in [5, 5.41) is 8.95. The van der Waals surface area contributed by atoms with E-state index in [4.69, 9.17) is 0 Å². The van der Waals surface area contributed by atoms with Crippen molar-refractivity contribution in [2.75, 3.05) is 0 Å². The van der Waals surface area contributed by atoms with Gasteiger partial charge in [0.2, 0.25) is 0 Å². The Bertz CT molecular complexity index is 3810. The Morgan fingerprint density at radius 2 is 0.717 bits per heavy atom. The van der Waals surface area contributed by atoms with Crippen LogP contribution in [0.15, 0.2) is 212 Å². The van der Waals surface area contributed by atoms with Gasteiger partial charge in [0, 0.05) is 59.5 Å². The van der Waals surface area contributed by atoms with Crippen LogP contribution >= 0.6 is 11.3 Å². The first-order valence-electron chi connectivity index (χ1n) is 20.5. The van der Waals surface area contributed by atoms with Gasteiger partial charge in [0.15, 0.2) is 0 Å². The number of aromatic nitrogens is 3. The summed E-state index contributed by atoms with van der Waals surface area (Å²) in [7, 11) is 0. The first-order chi connectivity index (χ1) is 29.8. The Kier molecular flexibility index (Phi) is 7.18. The van der Waals surface area contributed by atoms with Crippen molar-refractivity contribution in [2.24, 2.45) is 0 Å². The number of rotatable bonds is 5. The van der Waals surface area contributed by atoms with Crippen LogP contribution in [0.3, 0.4) is 0 Å². The van der Waals surface area contributed by atoms with Gasteiger partial charge in [-0.15, -0.1) is 11.3 Å². The number of fused-ring (bicyclic) bond motifs is 11. The van der Waals surface area contributed by atoms with Gasteiger partial charge in [-0.25, -0.2) is 0 Å². The van der Waals surface area contributed by atoms with E-state index in [1.807, 2.05) is 11.3 Å². The number of thiophene rings is 1. The topological polar surface area (TPSA) is 14.8 Å². The first kappa shape index (κ1) is 33.3. The fourth-order valence-electron chi connectivity index (χ4n) is 9.80. The van der Waals surface area contributed by atoms with Crippen LogP contribution in [0.4, 0.5) is 0 Å². The number of hydrogen-bond acceptors (Lipinski definition) is 1. The lowest BCUT2D eigenvalue weighted by Gasteiger charge is -2.11. The van der Waals surface area contributed by atoms with E-state index in [1.165, 1.54) is 108 Å². The fourth-order valence-corrected chi connectivity index (χ4v) is 11.2. The quantitative estimate of drug-likeness (QED) is 0.165. The standard InChI is InChI=1S/C56H35N3S/c1-3-14-39(15-4-1)57-49-23-10-7-18-43(49)47-34-37(28-32-52(47)57)38-29-33-53-48(35-38)44-19-8-11-24-50(44)58(53)41-30-26-36(27-31-41)42-21-13-22-46-54-45-20-9-12-25-51(45)59(56(54)60-55(42)46)40-16-5-2-6-17-40/h1-35H. The lowest BCUT2D eigenvalue weighted by Crippen LogP contribution is -1.94. The summed E-state index contributed by atoms with van der Waals surface area (Å²) in [6, 6.07) is 77.7. The highest BCUT2D eigenvalue weighted by Crippen LogP contribution is 2.46. The molecule has 0 bridgehead atoms. The number of hydrogen-bond donors (Lipinski definition) is 0. The molecule has 0 saturated carbocycles. The zero-order valence-corrected chi connectivity index (χ0v) is 33.3. The Labute approximate surface area is 349 Å². The summed E-state index contributed by atoms with van der Waals surface area (Å²) in [6.45, 7) is 0. The normalized spacial score (nSPS) is 12.0. The maximum Gasteiger partial charge on any atom is 0.109 e. The summed E-state index contributed by atoms with van der Waals surface area (Å²) in [5.41, 5.74) is 14.5. The molecule has 3 nitrogen and oxygen atoms in total. The maximum atomic E-state index is 2.43. The summed E-state index contributed by atoms with van der Waals surface area (Å²) in [5.74, 6) is 0. The maximum absolute atomic E-state index is 2.43.